The minimum Gasteiger partial charge on any atom is -0.496 e. The lowest BCUT2D eigenvalue weighted by Gasteiger charge is -2.23. The van der Waals surface area contributed by atoms with Crippen LogP contribution in [0.25, 0.3) is 0 Å². The average molecular weight is 297 g/mol. The van der Waals surface area contributed by atoms with E-state index >= 15 is 0 Å². The molecule has 0 aliphatic heterocycles. The monoisotopic (exact) mass is 296 g/mol. The number of hydrogen-bond acceptors (Lipinski definition) is 2. The molecule has 0 saturated heterocycles. The number of carbonyl (C=O) groups is 1. The molecule has 92 valence electrons. The molecule has 1 aromatic rings. The summed E-state index contributed by atoms with van der Waals surface area (Å²) in [6.45, 7) is 2.19. The third kappa shape index (κ3) is 2.89. The van der Waals surface area contributed by atoms with Gasteiger partial charge in [-0.1, -0.05) is 22.9 Å². The van der Waals surface area contributed by atoms with Gasteiger partial charge in [-0.15, -0.1) is 0 Å². The molecule has 0 N–H and O–H groups in total. The Hall–Kier alpha value is -0.830. The van der Waals surface area contributed by atoms with Crippen LogP contribution in [0.4, 0.5) is 0 Å². The second kappa shape index (κ2) is 4.81. The zero-order chi connectivity index (χ0) is 12.5. The molecule has 1 saturated carbocycles. The van der Waals surface area contributed by atoms with Crippen LogP contribution in [0.1, 0.15) is 31.7 Å². The first-order chi connectivity index (χ1) is 8.02. The smallest absolute Gasteiger partial charge is 0.133 e. The van der Waals surface area contributed by atoms with Gasteiger partial charge in [-0.2, -0.15) is 0 Å². The van der Waals surface area contributed by atoms with Crippen LogP contribution in [0.3, 0.4) is 0 Å². The van der Waals surface area contributed by atoms with E-state index in [2.05, 4.69) is 28.9 Å². The number of ketones is 1. The van der Waals surface area contributed by atoms with Crippen molar-refractivity contribution in [2.45, 2.75) is 32.6 Å². The lowest BCUT2D eigenvalue weighted by molar-refractivity contribution is -0.117. The Kier molecular flexibility index (Phi) is 3.57. The average Bonchev–Trinajstić information content (AvgIpc) is 2.59. The van der Waals surface area contributed by atoms with Crippen molar-refractivity contribution in [1.29, 1.82) is 0 Å². The largest absolute Gasteiger partial charge is 0.496 e. The number of carbonyl (C=O) groups excluding carboxylic acids is 1. The van der Waals surface area contributed by atoms with E-state index in [1.807, 2.05) is 12.1 Å². The second-order valence-electron chi connectivity index (χ2n) is 5.16. The zero-order valence-corrected chi connectivity index (χ0v) is 11.8. The van der Waals surface area contributed by atoms with Crippen LogP contribution >= 0.6 is 15.9 Å². The van der Waals surface area contributed by atoms with E-state index in [4.69, 9.17) is 4.74 Å². The van der Waals surface area contributed by atoms with Gasteiger partial charge in [-0.05, 0) is 42.0 Å². The highest BCUT2D eigenvalue weighted by Crippen LogP contribution is 2.40. The predicted molar refractivity (Wildman–Crippen MR) is 71.4 cm³/mol. The van der Waals surface area contributed by atoms with Crippen molar-refractivity contribution in [2.75, 3.05) is 7.11 Å². The molecular formula is C14H17BrO2. The number of rotatable bonds is 3. The quantitative estimate of drug-likeness (QED) is 0.849. The summed E-state index contributed by atoms with van der Waals surface area (Å²) in [6.07, 6.45) is 3.32. The first kappa shape index (κ1) is 12.6. The van der Waals surface area contributed by atoms with E-state index in [-0.39, 0.29) is 5.41 Å². The Labute approximate surface area is 110 Å². The van der Waals surface area contributed by atoms with E-state index < -0.39 is 0 Å². The summed E-state index contributed by atoms with van der Waals surface area (Å²) in [6, 6.07) is 6.04. The van der Waals surface area contributed by atoms with Gasteiger partial charge in [0, 0.05) is 17.3 Å². The van der Waals surface area contributed by atoms with Crippen molar-refractivity contribution in [3.63, 3.8) is 0 Å². The molecular weight excluding hydrogens is 280 g/mol. The molecule has 1 aliphatic rings. The van der Waals surface area contributed by atoms with Gasteiger partial charge in [-0.25, -0.2) is 0 Å². The third-order valence-electron chi connectivity index (χ3n) is 3.49. The van der Waals surface area contributed by atoms with Crippen LogP contribution in [0.2, 0.25) is 0 Å². The molecule has 3 heteroatoms. The molecule has 0 amide bonds. The van der Waals surface area contributed by atoms with Crippen molar-refractivity contribution in [3.05, 3.63) is 28.2 Å². The van der Waals surface area contributed by atoms with Crippen LogP contribution in [0.15, 0.2) is 22.7 Å². The van der Waals surface area contributed by atoms with E-state index in [0.717, 1.165) is 29.5 Å². The fourth-order valence-electron chi connectivity index (χ4n) is 2.59. The van der Waals surface area contributed by atoms with E-state index in [1.54, 1.807) is 7.11 Å². The maximum atomic E-state index is 11.4. The highest BCUT2D eigenvalue weighted by atomic mass is 79.9. The Morgan fingerprint density at radius 3 is 2.82 bits per heavy atom. The fourth-order valence-corrected chi connectivity index (χ4v) is 3.00. The molecule has 1 aliphatic carbocycles. The molecule has 0 radical (unpaired) electrons. The molecule has 0 aromatic heterocycles. The van der Waals surface area contributed by atoms with Gasteiger partial charge >= 0.3 is 0 Å². The molecule has 17 heavy (non-hydrogen) atoms. The Balaban J connectivity index is 2.23. The minimum atomic E-state index is 0.102. The first-order valence-electron chi connectivity index (χ1n) is 5.86. The fraction of sp³-hybridized carbons (Fsp3) is 0.500. The van der Waals surface area contributed by atoms with Gasteiger partial charge in [0.05, 0.1) is 7.11 Å². The van der Waals surface area contributed by atoms with Crippen LogP contribution in [-0.2, 0) is 11.2 Å². The van der Waals surface area contributed by atoms with Crippen molar-refractivity contribution >= 4 is 21.7 Å². The summed E-state index contributed by atoms with van der Waals surface area (Å²) in [4.78, 5) is 11.4. The number of benzene rings is 1. The molecule has 1 aromatic carbocycles. The summed E-state index contributed by atoms with van der Waals surface area (Å²) in [5.74, 6) is 1.30. The van der Waals surface area contributed by atoms with Crippen LogP contribution in [0.5, 0.6) is 5.75 Å². The van der Waals surface area contributed by atoms with E-state index in [1.165, 1.54) is 5.56 Å². The molecule has 0 heterocycles. The maximum absolute atomic E-state index is 11.4. The van der Waals surface area contributed by atoms with Gasteiger partial charge < -0.3 is 4.74 Å². The van der Waals surface area contributed by atoms with Crippen molar-refractivity contribution in [1.82, 2.24) is 0 Å². The maximum Gasteiger partial charge on any atom is 0.133 e. The normalized spacial score (nSPS) is 24.1. The first-order valence-corrected chi connectivity index (χ1v) is 6.66. The molecule has 0 spiro atoms. The summed E-state index contributed by atoms with van der Waals surface area (Å²) in [7, 11) is 1.69. The Bertz CT molecular complexity index is 442. The number of methoxy groups -OCH3 is 1. The lowest BCUT2D eigenvalue weighted by atomic mass is 9.82. The second-order valence-corrected chi connectivity index (χ2v) is 6.07. The number of Topliss-reactive ketones (excluding diaryl/α,β-unsaturated/α-hetero) is 1. The van der Waals surface area contributed by atoms with Gasteiger partial charge in [0.1, 0.15) is 11.5 Å². The molecule has 1 atom stereocenters. The Morgan fingerprint density at radius 2 is 2.24 bits per heavy atom. The third-order valence-corrected chi connectivity index (χ3v) is 3.98. The Morgan fingerprint density at radius 1 is 1.47 bits per heavy atom. The van der Waals surface area contributed by atoms with Gasteiger partial charge in [0.25, 0.3) is 0 Å². The minimum absolute atomic E-state index is 0.102. The van der Waals surface area contributed by atoms with Gasteiger partial charge in [-0.3, -0.25) is 4.79 Å². The summed E-state index contributed by atoms with van der Waals surface area (Å²) in [5.41, 5.74) is 1.28. The van der Waals surface area contributed by atoms with Gasteiger partial charge in [0.2, 0.25) is 0 Å². The highest BCUT2D eigenvalue weighted by Gasteiger charge is 2.34. The summed E-state index contributed by atoms with van der Waals surface area (Å²) in [5, 5.41) is 0. The van der Waals surface area contributed by atoms with Crippen molar-refractivity contribution < 1.29 is 9.53 Å². The number of hydrogen-bond donors (Lipinski definition) is 0. The molecule has 1 unspecified atom stereocenters. The summed E-state index contributed by atoms with van der Waals surface area (Å²) >= 11 is 3.48. The summed E-state index contributed by atoms with van der Waals surface area (Å²) < 4.78 is 6.43. The van der Waals surface area contributed by atoms with Crippen LogP contribution in [0, 0.1) is 5.41 Å². The van der Waals surface area contributed by atoms with Crippen LogP contribution in [-0.4, -0.2) is 12.9 Å². The van der Waals surface area contributed by atoms with Crippen LogP contribution < -0.4 is 4.74 Å². The molecule has 1 fully saturated rings. The van der Waals surface area contributed by atoms with Gasteiger partial charge in [0.15, 0.2) is 0 Å². The molecule has 0 bridgehead atoms. The standard InChI is InChI=1S/C14H17BrO2/c1-14(6-5-12(16)9-14)8-10-7-11(15)3-4-13(10)17-2/h3-4,7H,5-6,8-9H2,1-2H3. The highest BCUT2D eigenvalue weighted by molar-refractivity contribution is 9.10. The van der Waals surface area contributed by atoms with E-state index in [0.29, 0.717) is 12.2 Å². The predicted octanol–water partition coefficient (Wildman–Crippen LogP) is 3.76. The number of halogens is 1. The topological polar surface area (TPSA) is 26.3 Å². The van der Waals surface area contributed by atoms with Crippen molar-refractivity contribution in [3.8, 4) is 5.75 Å². The molecule has 2 rings (SSSR count). The van der Waals surface area contributed by atoms with Crippen molar-refractivity contribution in [2.24, 2.45) is 5.41 Å². The molecule has 2 nitrogen and oxygen atoms in total. The lowest BCUT2D eigenvalue weighted by Crippen LogP contribution is -2.16. The SMILES string of the molecule is COc1ccc(Br)cc1CC1(C)CCC(=O)C1. The number of ether oxygens (including phenoxy) is 1. The zero-order valence-electron chi connectivity index (χ0n) is 10.3. The van der Waals surface area contributed by atoms with E-state index in [9.17, 15) is 4.79 Å².